The number of aromatic nitrogens is 2. The first-order chi connectivity index (χ1) is 16.0. The van der Waals surface area contributed by atoms with Crippen LogP contribution in [0.5, 0.6) is 5.88 Å². The first-order valence-corrected chi connectivity index (χ1v) is 11.2. The van der Waals surface area contributed by atoms with Crippen molar-refractivity contribution in [3.05, 3.63) is 47.3 Å². The Morgan fingerprint density at radius 2 is 2.18 bits per heavy atom. The predicted octanol–water partition coefficient (Wildman–Crippen LogP) is 0.803. The van der Waals surface area contributed by atoms with Crippen LogP contribution in [0.1, 0.15) is 48.2 Å². The summed E-state index contributed by atoms with van der Waals surface area (Å²) in [6.45, 7) is 2.23. The number of hydrogen-bond donors (Lipinski definition) is 4. The minimum atomic E-state index is -0.975. The lowest BCUT2D eigenvalue weighted by atomic mass is 10.0. The number of carbonyl (C=O) groups excluding carboxylic acids is 1. The number of aliphatic carboxylic acids is 1. The van der Waals surface area contributed by atoms with E-state index >= 15 is 0 Å². The van der Waals surface area contributed by atoms with E-state index in [2.05, 4.69) is 15.3 Å². The molecule has 0 spiro atoms. The summed E-state index contributed by atoms with van der Waals surface area (Å²) in [5, 5.41) is 23.3. The normalized spacial score (nSPS) is 19.5. The van der Waals surface area contributed by atoms with Gasteiger partial charge in [-0.15, -0.1) is 0 Å². The maximum absolute atomic E-state index is 13.1. The van der Waals surface area contributed by atoms with Crippen LogP contribution in [0, 0.1) is 0 Å². The van der Waals surface area contributed by atoms with Gasteiger partial charge in [-0.1, -0.05) is 6.07 Å². The smallest absolute Gasteiger partial charge is 0.418 e. The van der Waals surface area contributed by atoms with Crippen molar-refractivity contribution in [3.8, 4) is 5.88 Å². The first-order valence-electron chi connectivity index (χ1n) is 11.2. The SMILES string of the molecule is COc1ccc(C(CC(=O)O)[NH+]2CCN(CCC(O)c3ccc4c(n3)NCCC4)C2=O)cn1. The summed E-state index contributed by atoms with van der Waals surface area (Å²) < 4.78 is 5.07. The number of rotatable bonds is 9. The molecule has 0 saturated carbocycles. The lowest BCUT2D eigenvalue weighted by Crippen LogP contribution is -3.13. The lowest BCUT2D eigenvalue weighted by molar-refractivity contribution is -0.840. The van der Waals surface area contributed by atoms with E-state index in [0.717, 1.165) is 30.8 Å². The van der Waals surface area contributed by atoms with Crippen molar-refractivity contribution in [1.82, 2.24) is 14.9 Å². The summed E-state index contributed by atoms with van der Waals surface area (Å²) in [7, 11) is 1.51. The van der Waals surface area contributed by atoms with Crippen molar-refractivity contribution in [2.75, 3.05) is 38.6 Å². The number of methoxy groups -OCH3 is 1. The summed E-state index contributed by atoms with van der Waals surface area (Å²) in [6.07, 6.45) is 3.01. The van der Waals surface area contributed by atoms with Crippen LogP contribution in [-0.2, 0) is 11.2 Å². The van der Waals surface area contributed by atoms with Gasteiger partial charge >= 0.3 is 12.0 Å². The molecule has 4 N–H and O–H groups in total. The number of anilines is 1. The summed E-state index contributed by atoms with van der Waals surface area (Å²) in [4.78, 5) is 35.6. The Kier molecular flexibility index (Phi) is 7.05. The number of pyridine rings is 2. The summed E-state index contributed by atoms with van der Waals surface area (Å²) in [5.41, 5.74) is 2.42. The van der Waals surface area contributed by atoms with Crippen molar-refractivity contribution in [1.29, 1.82) is 0 Å². The Balaban J connectivity index is 1.40. The zero-order valence-corrected chi connectivity index (χ0v) is 18.7. The Morgan fingerprint density at radius 1 is 1.33 bits per heavy atom. The summed E-state index contributed by atoms with van der Waals surface area (Å²) in [6, 6.07) is 6.56. The third-order valence-corrected chi connectivity index (χ3v) is 6.31. The second-order valence-electron chi connectivity index (χ2n) is 8.43. The minimum Gasteiger partial charge on any atom is -0.481 e. The number of aryl methyl sites for hydroxylation is 1. The topological polar surface area (TPSA) is 129 Å². The van der Waals surface area contributed by atoms with E-state index < -0.39 is 18.1 Å². The van der Waals surface area contributed by atoms with E-state index in [-0.39, 0.29) is 12.5 Å². The molecule has 10 heteroatoms. The molecule has 4 heterocycles. The number of quaternary nitrogens is 1. The Bertz CT molecular complexity index is 999. The van der Waals surface area contributed by atoms with Gasteiger partial charge in [0.25, 0.3) is 0 Å². The van der Waals surface area contributed by atoms with E-state index in [1.807, 2.05) is 12.1 Å². The van der Waals surface area contributed by atoms with Crippen molar-refractivity contribution in [2.45, 2.75) is 37.8 Å². The molecule has 2 aliphatic heterocycles. The van der Waals surface area contributed by atoms with E-state index in [1.54, 1.807) is 23.2 Å². The third-order valence-electron chi connectivity index (χ3n) is 6.31. The molecule has 2 aliphatic rings. The Hall–Kier alpha value is -3.24. The molecule has 3 atom stereocenters. The molecular formula is C23H30N5O5+. The van der Waals surface area contributed by atoms with E-state index in [9.17, 15) is 19.8 Å². The molecule has 0 bridgehead atoms. The number of urea groups is 1. The number of hydrogen-bond acceptors (Lipinski definition) is 7. The summed E-state index contributed by atoms with van der Waals surface area (Å²) in [5.74, 6) is 0.282. The van der Waals surface area contributed by atoms with Crippen molar-refractivity contribution < 1.29 is 29.4 Å². The monoisotopic (exact) mass is 456 g/mol. The van der Waals surface area contributed by atoms with Crippen molar-refractivity contribution in [3.63, 3.8) is 0 Å². The number of aliphatic hydroxyl groups is 1. The van der Waals surface area contributed by atoms with Gasteiger partial charge in [-0.25, -0.2) is 19.7 Å². The fourth-order valence-electron chi connectivity index (χ4n) is 4.49. The van der Waals surface area contributed by atoms with Gasteiger partial charge in [0.05, 0.1) is 25.5 Å². The highest BCUT2D eigenvalue weighted by Gasteiger charge is 2.41. The maximum atomic E-state index is 13.1. The van der Waals surface area contributed by atoms with Crippen LogP contribution in [0.25, 0.3) is 0 Å². The molecule has 33 heavy (non-hydrogen) atoms. The van der Waals surface area contributed by atoms with Crippen LogP contribution in [0.4, 0.5) is 10.6 Å². The number of aliphatic hydroxyl groups excluding tert-OH is 1. The average Bonchev–Trinajstić information content (AvgIpc) is 3.20. The highest BCUT2D eigenvalue weighted by Crippen LogP contribution is 2.24. The molecule has 2 aromatic rings. The van der Waals surface area contributed by atoms with Gasteiger partial charge in [0.15, 0.2) is 0 Å². The number of carboxylic acids is 1. The van der Waals surface area contributed by atoms with Crippen LogP contribution >= 0.6 is 0 Å². The number of ether oxygens (including phenoxy) is 1. The molecule has 2 aromatic heterocycles. The van der Waals surface area contributed by atoms with Crippen LogP contribution in [0.3, 0.4) is 0 Å². The van der Waals surface area contributed by atoms with Gasteiger partial charge < -0.3 is 20.3 Å². The number of nitrogens with one attached hydrogen (secondary N) is 2. The molecular weight excluding hydrogens is 426 g/mol. The van der Waals surface area contributed by atoms with E-state index in [1.165, 1.54) is 7.11 Å². The minimum absolute atomic E-state index is 0.163. The second-order valence-corrected chi connectivity index (χ2v) is 8.43. The van der Waals surface area contributed by atoms with Gasteiger partial charge in [0.2, 0.25) is 5.88 Å². The molecule has 10 nitrogen and oxygen atoms in total. The van der Waals surface area contributed by atoms with Crippen LogP contribution in [0.2, 0.25) is 0 Å². The highest BCUT2D eigenvalue weighted by molar-refractivity contribution is 5.70. The molecule has 4 rings (SSSR count). The second kappa shape index (κ2) is 10.1. The molecule has 0 aliphatic carbocycles. The van der Waals surface area contributed by atoms with Gasteiger partial charge in [0, 0.05) is 30.9 Å². The molecule has 176 valence electrons. The van der Waals surface area contributed by atoms with Crippen molar-refractivity contribution in [2.24, 2.45) is 0 Å². The van der Waals surface area contributed by atoms with Gasteiger partial charge in [-0.05, 0) is 37.0 Å². The zero-order chi connectivity index (χ0) is 23.4. The van der Waals surface area contributed by atoms with Crippen LogP contribution in [0.15, 0.2) is 30.5 Å². The van der Waals surface area contributed by atoms with Gasteiger partial charge in [-0.3, -0.25) is 9.69 Å². The fourth-order valence-corrected chi connectivity index (χ4v) is 4.49. The standard InChI is InChI=1S/C23H29N5O5/c1-33-20-7-5-16(14-25-20)18(13-21(30)31)28-12-11-27(23(28)32)10-8-19(29)17-6-4-15-3-2-9-24-22(15)26-17/h4-7,14,18-19,29H,2-3,8-13H2,1H3,(H,24,26)(H,30,31)/p+1. The lowest BCUT2D eigenvalue weighted by Gasteiger charge is -2.22. The maximum Gasteiger partial charge on any atom is 0.418 e. The molecule has 1 saturated heterocycles. The van der Waals surface area contributed by atoms with Crippen LogP contribution in [-0.4, -0.2) is 70.4 Å². The molecule has 2 amide bonds. The number of carboxylic acid groups (broad SMARTS) is 1. The number of amides is 2. The molecule has 3 unspecified atom stereocenters. The third kappa shape index (κ3) is 5.23. The molecule has 0 aromatic carbocycles. The highest BCUT2D eigenvalue weighted by atomic mass is 16.5. The average molecular weight is 457 g/mol. The van der Waals surface area contributed by atoms with Gasteiger partial charge in [-0.2, -0.15) is 0 Å². The Labute approximate surface area is 192 Å². The van der Waals surface area contributed by atoms with E-state index in [0.29, 0.717) is 48.1 Å². The first kappa shape index (κ1) is 22.9. The molecule has 0 radical (unpaired) electrons. The summed E-state index contributed by atoms with van der Waals surface area (Å²) >= 11 is 0. The van der Waals surface area contributed by atoms with Gasteiger partial charge in [0.1, 0.15) is 24.8 Å². The van der Waals surface area contributed by atoms with Crippen molar-refractivity contribution >= 4 is 17.8 Å². The number of nitrogens with zero attached hydrogens (tertiary/aromatic N) is 3. The quantitative estimate of drug-likeness (QED) is 0.436. The largest absolute Gasteiger partial charge is 0.481 e. The number of fused-ring (bicyclic) bond motifs is 1. The van der Waals surface area contributed by atoms with Crippen LogP contribution < -0.4 is 15.0 Å². The number of carbonyl (C=O) groups is 2. The fraction of sp³-hybridized carbons (Fsp3) is 0.478. The zero-order valence-electron chi connectivity index (χ0n) is 18.7. The predicted molar refractivity (Wildman–Crippen MR) is 119 cm³/mol. The molecule has 1 fully saturated rings. The van der Waals surface area contributed by atoms with E-state index in [4.69, 9.17) is 4.74 Å². The Morgan fingerprint density at radius 3 is 2.91 bits per heavy atom.